The highest BCUT2D eigenvalue weighted by Gasteiger charge is 2.24. The molecule has 1 heterocycles. The van der Waals surface area contributed by atoms with Crippen molar-refractivity contribution in [2.45, 2.75) is 50.8 Å². The van der Waals surface area contributed by atoms with Gasteiger partial charge in [0.1, 0.15) is 11.6 Å². The lowest BCUT2D eigenvalue weighted by atomic mass is 9.86. The van der Waals surface area contributed by atoms with E-state index in [4.69, 9.17) is 4.74 Å². The van der Waals surface area contributed by atoms with E-state index in [1.807, 2.05) is 0 Å². The van der Waals surface area contributed by atoms with Crippen molar-refractivity contribution < 1.29 is 21.9 Å². The van der Waals surface area contributed by atoms with Crippen LogP contribution in [0.1, 0.15) is 39.5 Å². The van der Waals surface area contributed by atoms with Gasteiger partial charge < -0.3 is 10.1 Å². The maximum absolute atomic E-state index is 13.7. The molecule has 1 aromatic carbocycles. The highest BCUT2D eigenvalue weighted by molar-refractivity contribution is 7.90. The number of sulfonamides is 1. The van der Waals surface area contributed by atoms with Crippen LogP contribution in [0.2, 0.25) is 0 Å². The van der Waals surface area contributed by atoms with E-state index >= 15 is 0 Å². The second-order valence-electron chi connectivity index (χ2n) is 7.74. The summed E-state index contributed by atoms with van der Waals surface area (Å²) in [5, 5.41) is 10.8. The predicted molar refractivity (Wildman–Crippen MR) is 110 cm³/mol. The molecule has 1 aromatic heterocycles. The lowest BCUT2D eigenvalue weighted by Gasteiger charge is -2.29. The normalized spacial score (nSPS) is 19.6. The molecule has 0 saturated heterocycles. The number of hydrogen-bond acceptors (Lipinski definition) is 6. The third kappa shape index (κ3) is 6.09. The van der Waals surface area contributed by atoms with Crippen molar-refractivity contribution in [3.8, 4) is 11.6 Å². The van der Waals surface area contributed by atoms with Gasteiger partial charge in [0.25, 0.3) is 0 Å². The highest BCUT2D eigenvalue weighted by Crippen LogP contribution is 2.27. The predicted octanol–water partition coefficient (Wildman–Crippen LogP) is 3.85. The Morgan fingerprint density at radius 1 is 1.10 bits per heavy atom. The summed E-state index contributed by atoms with van der Waals surface area (Å²) in [6, 6.07) is 6.50. The van der Waals surface area contributed by atoms with Gasteiger partial charge in [0.05, 0.1) is 5.25 Å². The number of ether oxygens (including phenoxy) is 1. The van der Waals surface area contributed by atoms with Crippen molar-refractivity contribution in [1.29, 1.82) is 0 Å². The van der Waals surface area contributed by atoms with E-state index in [9.17, 15) is 17.2 Å². The number of nitrogens with one attached hydrogen (secondary N) is 2. The molecule has 1 aliphatic rings. The summed E-state index contributed by atoms with van der Waals surface area (Å²) in [5.74, 6) is -0.621. The zero-order chi connectivity index (χ0) is 21.7. The lowest BCUT2D eigenvalue weighted by Crippen LogP contribution is -2.37. The van der Waals surface area contributed by atoms with Crippen LogP contribution in [-0.4, -0.2) is 36.5 Å². The molecule has 0 aliphatic heterocycles. The molecule has 0 bridgehead atoms. The molecule has 7 nitrogen and oxygen atoms in total. The van der Waals surface area contributed by atoms with Crippen LogP contribution < -0.4 is 14.8 Å². The molecule has 0 radical (unpaired) electrons. The van der Waals surface area contributed by atoms with Gasteiger partial charge in [-0.1, -0.05) is 0 Å². The molecule has 2 N–H and O–H groups in total. The number of nitrogens with zero attached hydrogens (tertiary/aromatic N) is 2. The first-order chi connectivity index (χ1) is 14.2. The molecule has 3 rings (SSSR count). The van der Waals surface area contributed by atoms with Gasteiger partial charge in [0.15, 0.2) is 11.6 Å². The van der Waals surface area contributed by atoms with Crippen LogP contribution in [0.3, 0.4) is 0 Å². The molecule has 0 atom stereocenters. The number of anilines is 1. The van der Waals surface area contributed by atoms with Crippen LogP contribution in [-0.2, 0) is 10.0 Å². The Kier molecular flexibility index (Phi) is 7.19. The van der Waals surface area contributed by atoms with Crippen LogP contribution in [0.4, 0.5) is 14.6 Å². The van der Waals surface area contributed by atoms with Crippen molar-refractivity contribution in [2.24, 2.45) is 5.92 Å². The molecule has 0 unspecified atom stereocenters. The van der Waals surface area contributed by atoms with Gasteiger partial charge in [-0.2, -0.15) is 0 Å². The largest absolute Gasteiger partial charge is 0.434 e. The highest BCUT2D eigenvalue weighted by atomic mass is 32.2. The monoisotopic (exact) mass is 440 g/mol. The fourth-order valence-corrected chi connectivity index (χ4v) is 4.04. The van der Waals surface area contributed by atoms with Crippen molar-refractivity contribution in [3.63, 3.8) is 0 Å². The molecule has 1 fully saturated rings. The van der Waals surface area contributed by atoms with E-state index in [2.05, 4.69) is 20.2 Å². The van der Waals surface area contributed by atoms with Crippen LogP contribution in [0.15, 0.2) is 30.3 Å². The maximum atomic E-state index is 13.7. The van der Waals surface area contributed by atoms with Gasteiger partial charge in [-0.25, -0.2) is 21.9 Å². The van der Waals surface area contributed by atoms with Gasteiger partial charge >= 0.3 is 0 Å². The van der Waals surface area contributed by atoms with E-state index in [1.54, 1.807) is 26.0 Å². The van der Waals surface area contributed by atoms with Crippen LogP contribution in [0, 0.1) is 17.6 Å². The van der Waals surface area contributed by atoms with E-state index in [0.717, 1.165) is 37.8 Å². The summed E-state index contributed by atoms with van der Waals surface area (Å²) >= 11 is 0. The first kappa shape index (κ1) is 22.4. The fraction of sp³-hybridized carbons (Fsp3) is 0.500. The molecule has 0 amide bonds. The van der Waals surface area contributed by atoms with Gasteiger partial charge in [-0.15, -0.1) is 10.2 Å². The Bertz CT molecular complexity index is 947. The summed E-state index contributed by atoms with van der Waals surface area (Å²) in [5.41, 5.74) is 0. The summed E-state index contributed by atoms with van der Waals surface area (Å²) in [4.78, 5) is 0. The fourth-order valence-electron chi connectivity index (χ4n) is 3.24. The summed E-state index contributed by atoms with van der Waals surface area (Å²) in [7, 11) is -3.23. The van der Waals surface area contributed by atoms with E-state index in [-0.39, 0.29) is 17.7 Å². The van der Waals surface area contributed by atoms with Crippen molar-refractivity contribution in [3.05, 3.63) is 42.0 Å². The minimum absolute atomic E-state index is 0.104. The standard InChI is InChI=1S/C20H26F2N4O3S/c1-13(2)30(27,28)23-12-14-3-6-16(7-4-14)24-19-9-10-20(26-25-19)29-18-8-5-15(21)11-17(18)22/h5,8-11,13-14,16,23H,3-4,6-7,12H2,1-2H3,(H,24,25)/t14-,16-. The number of hydrogen-bond donors (Lipinski definition) is 2. The second-order valence-corrected chi connectivity index (χ2v) is 10.1. The molecule has 2 aromatic rings. The van der Waals surface area contributed by atoms with Crippen molar-refractivity contribution in [2.75, 3.05) is 11.9 Å². The molecule has 10 heteroatoms. The second kappa shape index (κ2) is 9.65. The maximum Gasteiger partial charge on any atom is 0.239 e. The summed E-state index contributed by atoms with van der Waals surface area (Å²) < 4.78 is 58.3. The SMILES string of the molecule is CC(C)S(=O)(=O)NC[C@H]1CC[C@H](Nc2ccc(Oc3ccc(F)cc3F)nn2)CC1. The Balaban J connectivity index is 1.46. The Hall–Kier alpha value is -2.33. The molecule has 1 aliphatic carbocycles. The third-order valence-corrected chi connectivity index (χ3v) is 6.95. The van der Waals surface area contributed by atoms with Gasteiger partial charge in [-0.3, -0.25) is 0 Å². The van der Waals surface area contributed by atoms with Crippen LogP contribution in [0.5, 0.6) is 11.6 Å². The zero-order valence-corrected chi connectivity index (χ0v) is 17.8. The van der Waals surface area contributed by atoms with Crippen molar-refractivity contribution in [1.82, 2.24) is 14.9 Å². The van der Waals surface area contributed by atoms with Crippen molar-refractivity contribution >= 4 is 15.8 Å². The molecular formula is C20H26F2N4O3S. The topological polar surface area (TPSA) is 93.2 Å². The number of halogens is 2. The first-order valence-corrected chi connectivity index (χ1v) is 11.5. The third-order valence-electron chi connectivity index (χ3n) is 5.14. The first-order valence-electron chi connectivity index (χ1n) is 9.94. The van der Waals surface area contributed by atoms with Gasteiger partial charge in [0.2, 0.25) is 15.9 Å². The molecular weight excluding hydrogens is 414 g/mol. The number of aromatic nitrogens is 2. The number of rotatable bonds is 8. The Morgan fingerprint density at radius 3 is 2.43 bits per heavy atom. The Labute approximate surface area is 175 Å². The zero-order valence-electron chi connectivity index (χ0n) is 16.9. The average molecular weight is 441 g/mol. The average Bonchev–Trinajstić information content (AvgIpc) is 2.71. The quantitative estimate of drug-likeness (QED) is 0.648. The van der Waals surface area contributed by atoms with Crippen LogP contribution in [0.25, 0.3) is 0 Å². The molecule has 1 saturated carbocycles. The van der Waals surface area contributed by atoms with Crippen LogP contribution >= 0.6 is 0 Å². The van der Waals surface area contributed by atoms with Gasteiger partial charge in [0, 0.05) is 24.7 Å². The van der Waals surface area contributed by atoms with E-state index < -0.39 is 26.9 Å². The van der Waals surface area contributed by atoms with E-state index in [0.29, 0.717) is 18.3 Å². The summed E-state index contributed by atoms with van der Waals surface area (Å²) in [6.45, 7) is 3.80. The van der Waals surface area contributed by atoms with E-state index in [1.165, 1.54) is 6.07 Å². The molecule has 164 valence electrons. The number of benzene rings is 1. The minimum atomic E-state index is -3.23. The van der Waals surface area contributed by atoms with Gasteiger partial charge in [-0.05, 0) is 63.6 Å². The lowest BCUT2D eigenvalue weighted by molar-refractivity contribution is 0.336. The minimum Gasteiger partial charge on any atom is -0.434 e. The molecule has 30 heavy (non-hydrogen) atoms. The molecule has 0 spiro atoms. The summed E-state index contributed by atoms with van der Waals surface area (Å²) in [6.07, 6.45) is 3.62. The Morgan fingerprint density at radius 2 is 1.83 bits per heavy atom. The smallest absolute Gasteiger partial charge is 0.239 e.